The lowest BCUT2D eigenvalue weighted by molar-refractivity contribution is -0.134. The number of anilines is 2. The summed E-state index contributed by atoms with van der Waals surface area (Å²) in [7, 11) is 0. The van der Waals surface area contributed by atoms with Crippen LogP contribution in [-0.2, 0) is 4.79 Å². The molecule has 0 radical (unpaired) electrons. The van der Waals surface area contributed by atoms with Crippen molar-refractivity contribution in [3.8, 4) is 0 Å². The van der Waals surface area contributed by atoms with Crippen LogP contribution in [-0.4, -0.2) is 48.0 Å². The third-order valence-corrected chi connectivity index (χ3v) is 5.32. The highest BCUT2D eigenvalue weighted by atomic mass is 32.1. The highest BCUT2D eigenvalue weighted by molar-refractivity contribution is 7.80. The molecule has 7 heteroatoms. The van der Waals surface area contributed by atoms with Crippen LogP contribution in [0.5, 0.6) is 0 Å². The van der Waals surface area contributed by atoms with E-state index in [0.717, 1.165) is 43.1 Å². The molecule has 0 aromatic heterocycles. The summed E-state index contributed by atoms with van der Waals surface area (Å²) in [6, 6.07) is 15.2. The summed E-state index contributed by atoms with van der Waals surface area (Å²) in [6.07, 6.45) is 0. The smallest absolute Gasteiger partial charge is 0.257 e. The molecular weight excluding hydrogens is 396 g/mol. The maximum absolute atomic E-state index is 12.3. The molecule has 6 nitrogen and oxygen atoms in total. The van der Waals surface area contributed by atoms with Gasteiger partial charge in [-0.05, 0) is 55.5 Å². The van der Waals surface area contributed by atoms with E-state index in [1.807, 2.05) is 62.1 Å². The largest absolute Gasteiger partial charge is 0.368 e. The van der Waals surface area contributed by atoms with Crippen molar-refractivity contribution in [2.45, 2.75) is 20.8 Å². The molecule has 30 heavy (non-hydrogen) atoms. The molecule has 3 rings (SSSR count). The average molecular weight is 425 g/mol. The van der Waals surface area contributed by atoms with Crippen molar-refractivity contribution in [1.29, 1.82) is 0 Å². The summed E-state index contributed by atoms with van der Waals surface area (Å²) in [5, 5.41) is 6.01. The number of nitrogens with zero attached hydrogens (tertiary/aromatic N) is 2. The van der Waals surface area contributed by atoms with Crippen molar-refractivity contribution >= 4 is 40.5 Å². The molecule has 0 atom stereocenters. The number of aryl methyl sites for hydroxylation is 1. The standard InChI is InChI=1S/C23H28N4O2S/c1-16(2)22(29)27-14-12-26(13-15-27)20-10-8-19(9-11-20)24-23(30)25-21(28)18-6-4-17(3)5-7-18/h4-11,16H,12-15H2,1-3H3,(H2,24,25,28,30). The number of benzene rings is 2. The molecule has 1 fully saturated rings. The van der Waals surface area contributed by atoms with Gasteiger partial charge in [0.1, 0.15) is 0 Å². The Hall–Kier alpha value is -2.93. The van der Waals surface area contributed by atoms with Gasteiger partial charge in [-0.3, -0.25) is 14.9 Å². The number of thiocarbonyl (C=S) groups is 1. The lowest BCUT2D eigenvalue weighted by Crippen LogP contribution is -2.49. The predicted molar refractivity (Wildman–Crippen MR) is 125 cm³/mol. The Morgan fingerprint density at radius 1 is 0.933 bits per heavy atom. The van der Waals surface area contributed by atoms with Crippen molar-refractivity contribution < 1.29 is 9.59 Å². The first-order chi connectivity index (χ1) is 14.3. The van der Waals surface area contributed by atoms with Gasteiger partial charge >= 0.3 is 0 Å². The Balaban J connectivity index is 1.51. The normalized spacial score (nSPS) is 13.9. The van der Waals surface area contributed by atoms with Crippen LogP contribution >= 0.6 is 12.2 Å². The van der Waals surface area contributed by atoms with E-state index in [1.54, 1.807) is 12.1 Å². The first kappa shape index (κ1) is 21.8. The van der Waals surface area contributed by atoms with Crippen LogP contribution in [0.4, 0.5) is 11.4 Å². The lowest BCUT2D eigenvalue weighted by atomic mass is 10.1. The van der Waals surface area contributed by atoms with Crippen molar-refractivity contribution in [1.82, 2.24) is 10.2 Å². The molecule has 158 valence electrons. The van der Waals surface area contributed by atoms with Crippen LogP contribution in [0.25, 0.3) is 0 Å². The number of carbonyl (C=O) groups is 2. The highest BCUT2D eigenvalue weighted by Gasteiger charge is 2.22. The zero-order valence-corrected chi connectivity index (χ0v) is 18.5. The van der Waals surface area contributed by atoms with Crippen LogP contribution < -0.4 is 15.5 Å². The summed E-state index contributed by atoms with van der Waals surface area (Å²) in [5.41, 5.74) is 3.57. The molecule has 2 aromatic rings. The van der Waals surface area contributed by atoms with E-state index in [-0.39, 0.29) is 22.8 Å². The second-order valence-corrected chi connectivity index (χ2v) is 8.20. The number of nitrogens with one attached hydrogen (secondary N) is 2. The van der Waals surface area contributed by atoms with Gasteiger partial charge in [-0.1, -0.05) is 31.5 Å². The fraction of sp³-hybridized carbons (Fsp3) is 0.348. The van der Waals surface area contributed by atoms with Gasteiger partial charge in [0.25, 0.3) is 5.91 Å². The number of piperazine rings is 1. The Labute approximate surface area is 183 Å². The first-order valence-corrected chi connectivity index (χ1v) is 10.6. The van der Waals surface area contributed by atoms with Gasteiger partial charge in [-0.2, -0.15) is 0 Å². The molecule has 0 aliphatic carbocycles. The van der Waals surface area contributed by atoms with Gasteiger partial charge < -0.3 is 15.1 Å². The van der Waals surface area contributed by atoms with Crippen LogP contribution in [0, 0.1) is 12.8 Å². The van der Waals surface area contributed by atoms with E-state index in [2.05, 4.69) is 15.5 Å². The summed E-state index contributed by atoms with van der Waals surface area (Å²) >= 11 is 5.26. The monoisotopic (exact) mass is 424 g/mol. The molecule has 1 heterocycles. The number of carbonyl (C=O) groups excluding carboxylic acids is 2. The lowest BCUT2D eigenvalue weighted by Gasteiger charge is -2.37. The number of rotatable bonds is 4. The summed E-state index contributed by atoms with van der Waals surface area (Å²) in [5.74, 6) is 0.0191. The van der Waals surface area contributed by atoms with Gasteiger partial charge in [-0.25, -0.2) is 0 Å². The number of amides is 2. The quantitative estimate of drug-likeness (QED) is 0.737. The van der Waals surface area contributed by atoms with E-state index in [4.69, 9.17) is 12.2 Å². The van der Waals surface area contributed by atoms with Crippen LogP contribution in [0.3, 0.4) is 0 Å². The van der Waals surface area contributed by atoms with Crippen molar-refractivity contribution in [3.05, 3.63) is 59.7 Å². The fourth-order valence-corrected chi connectivity index (χ4v) is 3.56. The topological polar surface area (TPSA) is 64.7 Å². The molecule has 1 saturated heterocycles. The second kappa shape index (κ2) is 9.71. The molecule has 2 amide bonds. The number of hydrogen-bond donors (Lipinski definition) is 2. The van der Waals surface area contributed by atoms with Gasteiger partial charge in [-0.15, -0.1) is 0 Å². The number of hydrogen-bond acceptors (Lipinski definition) is 4. The molecule has 0 unspecified atom stereocenters. The minimum Gasteiger partial charge on any atom is -0.368 e. The van der Waals surface area contributed by atoms with E-state index in [9.17, 15) is 9.59 Å². The molecular formula is C23H28N4O2S. The van der Waals surface area contributed by atoms with Gasteiger partial charge in [0.15, 0.2) is 5.11 Å². The molecule has 0 saturated carbocycles. The van der Waals surface area contributed by atoms with Gasteiger partial charge in [0.05, 0.1) is 0 Å². The molecule has 0 spiro atoms. The van der Waals surface area contributed by atoms with E-state index in [1.165, 1.54) is 0 Å². The van der Waals surface area contributed by atoms with Crippen LogP contribution in [0.2, 0.25) is 0 Å². The zero-order valence-electron chi connectivity index (χ0n) is 17.6. The van der Waals surface area contributed by atoms with Crippen molar-refractivity contribution in [2.24, 2.45) is 5.92 Å². The summed E-state index contributed by atoms with van der Waals surface area (Å²) < 4.78 is 0. The molecule has 2 aromatic carbocycles. The Morgan fingerprint density at radius 3 is 2.10 bits per heavy atom. The fourth-order valence-electron chi connectivity index (χ4n) is 3.35. The SMILES string of the molecule is Cc1ccc(C(=O)NC(=S)Nc2ccc(N3CCN(C(=O)C(C)C)CC3)cc2)cc1. The van der Waals surface area contributed by atoms with Gasteiger partial charge in [0, 0.05) is 49.0 Å². The first-order valence-electron chi connectivity index (χ1n) is 10.2. The van der Waals surface area contributed by atoms with Crippen molar-refractivity contribution in [2.75, 3.05) is 36.4 Å². The van der Waals surface area contributed by atoms with Crippen LogP contribution in [0.1, 0.15) is 29.8 Å². The Bertz CT molecular complexity index is 902. The maximum atomic E-state index is 12.3. The molecule has 2 N–H and O–H groups in total. The van der Waals surface area contributed by atoms with E-state index >= 15 is 0 Å². The zero-order chi connectivity index (χ0) is 21.7. The molecule has 1 aliphatic heterocycles. The average Bonchev–Trinajstić information content (AvgIpc) is 2.74. The molecule has 0 bridgehead atoms. The minimum absolute atomic E-state index is 0.0391. The van der Waals surface area contributed by atoms with E-state index < -0.39 is 0 Å². The van der Waals surface area contributed by atoms with E-state index in [0.29, 0.717) is 5.56 Å². The predicted octanol–water partition coefficient (Wildman–Crippen LogP) is 3.43. The van der Waals surface area contributed by atoms with Crippen LogP contribution in [0.15, 0.2) is 48.5 Å². The maximum Gasteiger partial charge on any atom is 0.257 e. The minimum atomic E-state index is -0.238. The van der Waals surface area contributed by atoms with Gasteiger partial charge in [0.2, 0.25) is 5.91 Å². The summed E-state index contributed by atoms with van der Waals surface area (Å²) in [6.45, 7) is 8.97. The Morgan fingerprint density at radius 2 is 1.53 bits per heavy atom. The second-order valence-electron chi connectivity index (χ2n) is 7.79. The third-order valence-electron chi connectivity index (χ3n) is 5.12. The van der Waals surface area contributed by atoms with Crippen molar-refractivity contribution in [3.63, 3.8) is 0 Å². The summed E-state index contributed by atoms with van der Waals surface area (Å²) in [4.78, 5) is 28.6. The Kier molecular flexibility index (Phi) is 7.05. The highest BCUT2D eigenvalue weighted by Crippen LogP contribution is 2.20. The third kappa shape index (κ3) is 5.57. The molecule has 1 aliphatic rings.